The summed E-state index contributed by atoms with van der Waals surface area (Å²) >= 11 is 1.67. The molecule has 1 aliphatic heterocycles. The van der Waals surface area contributed by atoms with Crippen LogP contribution in [0.15, 0.2) is 24.5 Å². The highest BCUT2D eigenvalue weighted by Gasteiger charge is 2.24. The van der Waals surface area contributed by atoms with Gasteiger partial charge in [-0.15, -0.1) is 11.3 Å². The van der Waals surface area contributed by atoms with Crippen LogP contribution in [0.4, 0.5) is 0 Å². The Morgan fingerprint density at radius 2 is 2.27 bits per heavy atom. The maximum absolute atomic E-state index is 6.21. The molecule has 3 heterocycles. The second kappa shape index (κ2) is 6.75. The summed E-state index contributed by atoms with van der Waals surface area (Å²) in [5, 5.41) is 0.983. The van der Waals surface area contributed by atoms with E-state index in [0.717, 1.165) is 34.3 Å². The molecule has 5 heteroatoms. The number of hydrogen-bond donors (Lipinski definition) is 0. The van der Waals surface area contributed by atoms with Crippen LogP contribution < -0.4 is 4.74 Å². The van der Waals surface area contributed by atoms with Gasteiger partial charge in [0, 0.05) is 30.5 Å². The SMILES string of the molecule is Cc1sc(-c2cccnc2)nc1OC1CCCN(C(C)C)C1. The van der Waals surface area contributed by atoms with Crippen molar-refractivity contribution in [1.29, 1.82) is 0 Å². The predicted molar refractivity (Wildman–Crippen MR) is 90.4 cm³/mol. The van der Waals surface area contributed by atoms with Gasteiger partial charge in [-0.2, -0.15) is 0 Å². The number of rotatable bonds is 4. The zero-order valence-corrected chi connectivity index (χ0v) is 14.3. The molecule has 4 nitrogen and oxygen atoms in total. The van der Waals surface area contributed by atoms with Crippen LogP contribution in [0, 0.1) is 6.92 Å². The van der Waals surface area contributed by atoms with Gasteiger partial charge in [0.15, 0.2) is 0 Å². The number of thiazole rings is 1. The standard InChI is InChI=1S/C17H23N3OS/c1-12(2)20-9-5-7-15(11-20)21-16-13(3)22-17(19-16)14-6-4-8-18-10-14/h4,6,8,10,12,15H,5,7,9,11H2,1-3H3. The third-order valence-corrected chi connectivity index (χ3v) is 5.08. The number of aryl methyl sites for hydroxylation is 1. The minimum absolute atomic E-state index is 0.249. The summed E-state index contributed by atoms with van der Waals surface area (Å²) in [6, 6.07) is 4.55. The Morgan fingerprint density at radius 3 is 3.00 bits per heavy atom. The van der Waals surface area contributed by atoms with Crippen LogP contribution in [0.5, 0.6) is 5.88 Å². The maximum atomic E-state index is 6.21. The van der Waals surface area contributed by atoms with Crippen molar-refractivity contribution in [2.75, 3.05) is 13.1 Å². The molecule has 0 saturated carbocycles. The number of ether oxygens (including phenoxy) is 1. The molecule has 0 aromatic carbocycles. The highest BCUT2D eigenvalue weighted by molar-refractivity contribution is 7.15. The highest BCUT2D eigenvalue weighted by atomic mass is 32.1. The van der Waals surface area contributed by atoms with Gasteiger partial charge in [0.05, 0.1) is 4.88 Å². The van der Waals surface area contributed by atoms with E-state index in [4.69, 9.17) is 4.74 Å². The lowest BCUT2D eigenvalue weighted by molar-refractivity contribution is 0.0677. The third kappa shape index (κ3) is 3.47. The zero-order valence-electron chi connectivity index (χ0n) is 13.5. The van der Waals surface area contributed by atoms with E-state index in [1.165, 1.54) is 13.0 Å². The Labute approximate surface area is 136 Å². The van der Waals surface area contributed by atoms with E-state index in [9.17, 15) is 0 Å². The summed E-state index contributed by atoms with van der Waals surface area (Å²) in [6.07, 6.45) is 6.19. The van der Waals surface area contributed by atoms with E-state index < -0.39 is 0 Å². The van der Waals surface area contributed by atoms with E-state index in [1.807, 2.05) is 18.3 Å². The highest BCUT2D eigenvalue weighted by Crippen LogP contribution is 2.32. The van der Waals surface area contributed by atoms with E-state index in [2.05, 4.69) is 35.6 Å². The van der Waals surface area contributed by atoms with Crippen molar-refractivity contribution in [3.05, 3.63) is 29.4 Å². The number of hydrogen-bond acceptors (Lipinski definition) is 5. The van der Waals surface area contributed by atoms with E-state index in [1.54, 1.807) is 17.5 Å². The molecule has 0 spiro atoms. The molecule has 22 heavy (non-hydrogen) atoms. The molecule has 1 atom stereocenters. The van der Waals surface area contributed by atoms with Crippen molar-refractivity contribution in [3.8, 4) is 16.5 Å². The van der Waals surface area contributed by atoms with Crippen LogP contribution in [-0.4, -0.2) is 40.1 Å². The van der Waals surface area contributed by atoms with Gasteiger partial charge in [0.2, 0.25) is 5.88 Å². The summed E-state index contributed by atoms with van der Waals surface area (Å²) in [5.41, 5.74) is 1.05. The molecule has 1 aliphatic rings. The van der Waals surface area contributed by atoms with Crippen LogP contribution in [0.1, 0.15) is 31.6 Å². The van der Waals surface area contributed by atoms with Gasteiger partial charge in [-0.3, -0.25) is 9.88 Å². The van der Waals surface area contributed by atoms with Gasteiger partial charge < -0.3 is 4.74 Å². The molecule has 1 fully saturated rings. The molecule has 1 unspecified atom stereocenters. The fraction of sp³-hybridized carbons (Fsp3) is 0.529. The van der Waals surface area contributed by atoms with Crippen LogP contribution in [0.25, 0.3) is 10.6 Å². The van der Waals surface area contributed by atoms with Gasteiger partial charge in [0.1, 0.15) is 11.1 Å². The Hall–Kier alpha value is -1.46. The van der Waals surface area contributed by atoms with Crippen molar-refractivity contribution in [2.24, 2.45) is 0 Å². The summed E-state index contributed by atoms with van der Waals surface area (Å²) in [7, 11) is 0. The van der Waals surface area contributed by atoms with E-state index in [0.29, 0.717) is 6.04 Å². The Bertz CT molecular complexity index is 612. The molecule has 0 amide bonds. The van der Waals surface area contributed by atoms with Crippen molar-refractivity contribution in [3.63, 3.8) is 0 Å². The topological polar surface area (TPSA) is 38.3 Å². The van der Waals surface area contributed by atoms with Crippen molar-refractivity contribution < 1.29 is 4.74 Å². The second-order valence-corrected chi connectivity index (χ2v) is 7.30. The molecule has 0 radical (unpaired) electrons. The van der Waals surface area contributed by atoms with Crippen LogP contribution in [-0.2, 0) is 0 Å². The molecular weight excluding hydrogens is 294 g/mol. The second-order valence-electron chi connectivity index (χ2n) is 6.09. The quantitative estimate of drug-likeness (QED) is 0.860. The normalized spacial score (nSPS) is 19.5. The van der Waals surface area contributed by atoms with Crippen LogP contribution in [0.3, 0.4) is 0 Å². The lowest BCUT2D eigenvalue weighted by Gasteiger charge is -2.35. The monoisotopic (exact) mass is 317 g/mol. The van der Waals surface area contributed by atoms with Crippen molar-refractivity contribution in [2.45, 2.75) is 45.8 Å². The maximum Gasteiger partial charge on any atom is 0.228 e. The van der Waals surface area contributed by atoms with Crippen LogP contribution in [0.2, 0.25) is 0 Å². The summed E-state index contributed by atoms with van der Waals surface area (Å²) in [5.74, 6) is 0.791. The van der Waals surface area contributed by atoms with Gasteiger partial charge in [0.25, 0.3) is 0 Å². The molecule has 118 valence electrons. The lowest BCUT2D eigenvalue weighted by Crippen LogP contribution is -2.44. The lowest BCUT2D eigenvalue weighted by atomic mass is 10.1. The van der Waals surface area contributed by atoms with Gasteiger partial charge in [-0.05, 0) is 52.3 Å². The predicted octanol–water partition coefficient (Wildman–Crippen LogP) is 3.77. The molecular formula is C17H23N3OS. The molecule has 0 bridgehead atoms. The fourth-order valence-corrected chi connectivity index (χ4v) is 3.63. The Balaban J connectivity index is 1.72. The number of aromatic nitrogens is 2. The average molecular weight is 317 g/mol. The molecule has 0 N–H and O–H groups in total. The van der Waals surface area contributed by atoms with Gasteiger partial charge in [-0.25, -0.2) is 4.98 Å². The smallest absolute Gasteiger partial charge is 0.228 e. The summed E-state index contributed by atoms with van der Waals surface area (Å²) in [6.45, 7) is 8.75. The molecule has 0 aliphatic carbocycles. The number of nitrogens with zero attached hydrogens (tertiary/aromatic N) is 3. The largest absolute Gasteiger partial charge is 0.472 e. The van der Waals surface area contributed by atoms with Gasteiger partial charge >= 0.3 is 0 Å². The summed E-state index contributed by atoms with van der Waals surface area (Å²) < 4.78 is 6.21. The minimum atomic E-state index is 0.249. The zero-order chi connectivity index (χ0) is 15.5. The third-order valence-electron chi connectivity index (χ3n) is 4.08. The van der Waals surface area contributed by atoms with Gasteiger partial charge in [-0.1, -0.05) is 0 Å². The first-order valence-corrected chi connectivity index (χ1v) is 8.73. The first-order chi connectivity index (χ1) is 10.6. The number of likely N-dealkylation sites (tertiary alicyclic amines) is 1. The Kier molecular flexibility index (Phi) is 4.74. The fourth-order valence-electron chi connectivity index (χ4n) is 2.79. The Morgan fingerprint density at radius 1 is 1.41 bits per heavy atom. The van der Waals surface area contributed by atoms with Crippen LogP contribution >= 0.6 is 11.3 Å². The minimum Gasteiger partial charge on any atom is -0.472 e. The number of piperidine rings is 1. The molecule has 3 rings (SSSR count). The molecule has 2 aromatic rings. The first-order valence-electron chi connectivity index (χ1n) is 7.92. The molecule has 2 aromatic heterocycles. The average Bonchev–Trinajstić information content (AvgIpc) is 2.89. The first kappa shape index (κ1) is 15.4. The van der Waals surface area contributed by atoms with Crippen molar-refractivity contribution >= 4 is 11.3 Å². The number of pyridine rings is 1. The van der Waals surface area contributed by atoms with E-state index >= 15 is 0 Å². The molecule has 1 saturated heterocycles. The summed E-state index contributed by atoms with van der Waals surface area (Å²) in [4.78, 5) is 12.5. The van der Waals surface area contributed by atoms with Crippen molar-refractivity contribution in [1.82, 2.24) is 14.9 Å². The van der Waals surface area contributed by atoms with E-state index in [-0.39, 0.29) is 6.10 Å².